The number of rotatable bonds is 7. The minimum atomic E-state index is -0.0575. The molecule has 1 amide bonds. The zero-order valence-corrected chi connectivity index (χ0v) is 20.1. The fourth-order valence-corrected chi connectivity index (χ4v) is 4.44. The average molecular weight is 489 g/mol. The molecular weight excluding hydrogens is 463 g/mol. The third kappa shape index (κ3) is 5.85. The highest BCUT2D eigenvalue weighted by Crippen LogP contribution is 2.29. The normalized spacial score (nSPS) is 15.9. The maximum absolute atomic E-state index is 12.8. The molecule has 0 bridgehead atoms. The molecule has 1 atom stereocenters. The molecule has 1 N–H and O–H groups in total. The van der Waals surface area contributed by atoms with Gasteiger partial charge in [0.05, 0.1) is 24.7 Å². The van der Waals surface area contributed by atoms with Crippen LogP contribution >= 0.6 is 23.2 Å². The van der Waals surface area contributed by atoms with Crippen LogP contribution in [0.1, 0.15) is 37.3 Å². The lowest BCUT2D eigenvalue weighted by molar-refractivity contribution is -0.127. The molecule has 0 radical (unpaired) electrons. The number of nitrogens with zero attached hydrogens (tertiary/aromatic N) is 3. The van der Waals surface area contributed by atoms with Gasteiger partial charge in [0.2, 0.25) is 17.6 Å². The van der Waals surface area contributed by atoms with Gasteiger partial charge in [0.15, 0.2) is 0 Å². The van der Waals surface area contributed by atoms with Crippen LogP contribution in [0.15, 0.2) is 47.0 Å². The Kier molecular flexibility index (Phi) is 7.53. The van der Waals surface area contributed by atoms with E-state index in [4.69, 9.17) is 32.5 Å². The summed E-state index contributed by atoms with van der Waals surface area (Å²) in [7, 11) is 1.64. The number of carbonyl (C=O) groups is 1. The van der Waals surface area contributed by atoms with Crippen LogP contribution in [-0.4, -0.2) is 41.1 Å². The maximum atomic E-state index is 12.8. The predicted molar refractivity (Wildman–Crippen MR) is 127 cm³/mol. The number of likely N-dealkylation sites (tertiary alicyclic amines) is 1. The van der Waals surface area contributed by atoms with Gasteiger partial charge >= 0.3 is 0 Å². The summed E-state index contributed by atoms with van der Waals surface area (Å²) >= 11 is 12.2. The molecule has 1 unspecified atom stereocenters. The van der Waals surface area contributed by atoms with Crippen molar-refractivity contribution in [1.29, 1.82) is 0 Å². The van der Waals surface area contributed by atoms with E-state index in [1.165, 1.54) is 0 Å². The summed E-state index contributed by atoms with van der Waals surface area (Å²) in [6.45, 7) is 4.10. The van der Waals surface area contributed by atoms with Crippen LogP contribution in [0, 0.1) is 5.92 Å². The topological polar surface area (TPSA) is 80.5 Å². The van der Waals surface area contributed by atoms with Crippen molar-refractivity contribution < 1.29 is 14.1 Å². The Morgan fingerprint density at radius 1 is 1.21 bits per heavy atom. The molecule has 1 aliphatic heterocycles. The number of halogens is 2. The second-order valence-electron chi connectivity index (χ2n) is 8.19. The number of hydrogen-bond donors (Lipinski definition) is 1. The van der Waals surface area contributed by atoms with Gasteiger partial charge in [-0.2, -0.15) is 4.98 Å². The summed E-state index contributed by atoms with van der Waals surface area (Å²) in [6, 6.07) is 12.9. The maximum Gasteiger partial charge on any atom is 0.241 e. The van der Waals surface area contributed by atoms with E-state index in [1.54, 1.807) is 25.3 Å². The summed E-state index contributed by atoms with van der Waals surface area (Å²) in [6.07, 6.45) is 1.57. The average Bonchev–Trinajstić information content (AvgIpc) is 3.27. The fraction of sp³-hybridized carbons (Fsp3) is 0.375. The first-order valence-corrected chi connectivity index (χ1v) is 11.6. The van der Waals surface area contributed by atoms with E-state index in [9.17, 15) is 4.79 Å². The van der Waals surface area contributed by atoms with Crippen molar-refractivity contribution in [3.63, 3.8) is 0 Å². The molecule has 7 nitrogen and oxygen atoms in total. The summed E-state index contributed by atoms with van der Waals surface area (Å²) in [5.41, 5.74) is 1.73. The Morgan fingerprint density at radius 2 is 1.94 bits per heavy atom. The minimum Gasteiger partial charge on any atom is -0.497 e. The zero-order valence-electron chi connectivity index (χ0n) is 18.6. The number of aromatic nitrogens is 2. The molecule has 1 fully saturated rings. The van der Waals surface area contributed by atoms with Crippen molar-refractivity contribution in [1.82, 2.24) is 20.4 Å². The first-order valence-electron chi connectivity index (χ1n) is 10.9. The molecule has 2 heterocycles. The van der Waals surface area contributed by atoms with Crippen LogP contribution in [-0.2, 0) is 11.3 Å². The van der Waals surface area contributed by atoms with Crippen LogP contribution < -0.4 is 10.1 Å². The summed E-state index contributed by atoms with van der Waals surface area (Å²) in [5, 5.41) is 8.21. The lowest BCUT2D eigenvalue weighted by Gasteiger charge is -2.30. The number of benzene rings is 2. The molecule has 1 aromatic heterocycles. The van der Waals surface area contributed by atoms with Gasteiger partial charge in [0.25, 0.3) is 0 Å². The summed E-state index contributed by atoms with van der Waals surface area (Å²) < 4.78 is 10.6. The standard InChI is InChI=1S/C24H26Cl2N4O3/c1-15(16-3-6-19(32-2)7-4-16)27-24(31)17-9-11-30(12-10-17)14-22-28-23(29-33-22)20-8-5-18(25)13-21(20)26/h3-8,13,15,17H,9-12,14H2,1-2H3,(H,27,31). The number of piperidine rings is 1. The lowest BCUT2D eigenvalue weighted by atomic mass is 9.95. The first-order chi connectivity index (χ1) is 15.9. The van der Waals surface area contributed by atoms with Crippen molar-refractivity contribution in [2.45, 2.75) is 32.4 Å². The van der Waals surface area contributed by atoms with Gasteiger partial charge in [0.1, 0.15) is 5.75 Å². The van der Waals surface area contributed by atoms with Gasteiger partial charge in [-0.15, -0.1) is 0 Å². The molecule has 9 heteroatoms. The number of methoxy groups -OCH3 is 1. The highest BCUT2D eigenvalue weighted by Gasteiger charge is 2.27. The quantitative estimate of drug-likeness (QED) is 0.495. The van der Waals surface area contributed by atoms with Crippen molar-refractivity contribution in [3.8, 4) is 17.1 Å². The largest absolute Gasteiger partial charge is 0.497 e. The Hall–Kier alpha value is -2.61. The minimum absolute atomic E-state index is 0.00642. The smallest absolute Gasteiger partial charge is 0.241 e. The lowest BCUT2D eigenvalue weighted by Crippen LogP contribution is -2.40. The first kappa shape index (κ1) is 23.5. The molecule has 174 valence electrons. The molecule has 0 spiro atoms. The Bertz CT molecular complexity index is 1100. The van der Waals surface area contributed by atoms with E-state index in [1.807, 2.05) is 31.2 Å². The third-order valence-corrected chi connectivity index (χ3v) is 6.48. The Labute approximate surface area is 203 Å². The van der Waals surface area contributed by atoms with Crippen molar-refractivity contribution >= 4 is 29.1 Å². The van der Waals surface area contributed by atoms with Crippen LogP contribution in [0.3, 0.4) is 0 Å². The molecule has 33 heavy (non-hydrogen) atoms. The zero-order chi connectivity index (χ0) is 23.4. The van der Waals surface area contributed by atoms with Crippen LogP contribution in [0.2, 0.25) is 10.0 Å². The summed E-state index contributed by atoms with van der Waals surface area (Å²) in [4.78, 5) is 19.5. The molecular formula is C24H26Cl2N4O3. The highest BCUT2D eigenvalue weighted by molar-refractivity contribution is 6.36. The molecule has 0 aliphatic carbocycles. The van der Waals surface area contributed by atoms with Crippen LogP contribution in [0.25, 0.3) is 11.4 Å². The number of hydrogen-bond acceptors (Lipinski definition) is 6. The Balaban J connectivity index is 1.27. The van der Waals surface area contributed by atoms with E-state index in [2.05, 4.69) is 20.4 Å². The molecule has 4 rings (SSSR count). The van der Waals surface area contributed by atoms with Crippen molar-refractivity contribution in [3.05, 3.63) is 64.0 Å². The van der Waals surface area contributed by atoms with E-state index < -0.39 is 0 Å². The van der Waals surface area contributed by atoms with Gasteiger partial charge in [0, 0.05) is 16.5 Å². The number of carbonyl (C=O) groups excluding carboxylic acids is 1. The van der Waals surface area contributed by atoms with Gasteiger partial charge in [-0.3, -0.25) is 9.69 Å². The van der Waals surface area contributed by atoms with E-state index in [0.717, 1.165) is 37.2 Å². The number of nitrogens with one attached hydrogen (secondary N) is 1. The SMILES string of the molecule is COc1ccc(C(C)NC(=O)C2CCN(Cc3nc(-c4ccc(Cl)cc4Cl)no3)CC2)cc1. The molecule has 1 aliphatic rings. The van der Waals surface area contributed by atoms with E-state index in [0.29, 0.717) is 33.9 Å². The van der Waals surface area contributed by atoms with E-state index >= 15 is 0 Å². The van der Waals surface area contributed by atoms with Gasteiger partial charge in [-0.25, -0.2) is 0 Å². The second-order valence-corrected chi connectivity index (χ2v) is 9.03. The van der Waals surface area contributed by atoms with Crippen LogP contribution in [0.5, 0.6) is 5.75 Å². The molecule has 0 saturated carbocycles. The highest BCUT2D eigenvalue weighted by atomic mass is 35.5. The molecule has 3 aromatic rings. The summed E-state index contributed by atoms with van der Waals surface area (Å²) in [5.74, 6) is 1.85. The monoisotopic (exact) mass is 488 g/mol. The van der Waals surface area contributed by atoms with Gasteiger partial charge in [-0.1, -0.05) is 40.5 Å². The predicted octanol–water partition coefficient (Wildman–Crippen LogP) is 5.14. The van der Waals surface area contributed by atoms with Crippen molar-refractivity contribution in [2.24, 2.45) is 5.92 Å². The number of ether oxygens (including phenoxy) is 1. The third-order valence-electron chi connectivity index (χ3n) is 5.93. The molecule has 1 saturated heterocycles. The van der Waals surface area contributed by atoms with Crippen molar-refractivity contribution in [2.75, 3.05) is 20.2 Å². The second kappa shape index (κ2) is 10.5. The van der Waals surface area contributed by atoms with Crippen LogP contribution in [0.4, 0.5) is 0 Å². The van der Waals surface area contributed by atoms with E-state index in [-0.39, 0.29) is 17.9 Å². The molecule has 2 aromatic carbocycles. The fourth-order valence-electron chi connectivity index (χ4n) is 3.95. The van der Waals surface area contributed by atoms with Gasteiger partial charge in [-0.05, 0) is 68.8 Å². The number of amides is 1. The van der Waals surface area contributed by atoms with Gasteiger partial charge < -0.3 is 14.6 Å². The Morgan fingerprint density at radius 3 is 2.61 bits per heavy atom.